The van der Waals surface area contributed by atoms with Gasteiger partial charge in [0.2, 0.25) is 11.6 Å². The highest BCUT2D eigenvalue weighted by Gasteiger charge is 2.11. The summed E-state index contributed by atoms with van der Waals surface area (Å²) in [6, 6.07) is 3.97. The minimum Gasteiger partial charge on any atom is -0.508 e. The van der Waals surface area contributed by atoms with Crippen LogP contribution in [-0.2, 0) is 9.59 Å². The van der Waals surface area contributed by atoms with Crippen molar-refractivity contribution in [2.45, 2.75) is 0 Å². The molecule has 2 rings (SSSR count). The normalized spacial score (nSPS) is 15.2. The smallest absolute Gasteiger partial charge is 0.226 e. The summed E-state index contributed by atoms with van der Waals surface area (Å²) in [5.74, 6) is -1.41. The minimum atomic E-state index is -0.603. The molecule has 0 amide bonds. The molecule has 1 aromatic carbocycles. The molecular formula is C13H9NO4. The third-order valence-corrected chi connectivity index (χ3v) is 2.28. The molecule has 18 heavy (non-hydrogen) atoms. The zero-order chi connectivity index (χ0) is 13.1. The van der Waals surface area contributed by atoms with Gasteiger partial charge in [-0.15, -0.1) is 0 Å². The van der Waals surface area contributed by atoms with Crippen LogP contribution in [0, 0.1) is 0 Å². The maximum absolute atomic E-state index is 11.1. The van der Waals surface area contributed by atoms with E-state index in [9.17, 15) is 14.7 Å². The molecule has 5 nitrogen and oxygen atoms in total. The summed E-state index contributed by atoms with van der Waals surface area (Å²) in [5.41, 5.74) is 0.721. The number of nitrogens with zero attached hydrogens (tertiary/aromatic N) is 1. The Morgan fingerprint density at radius 2 is 1.83 bits per heavy atom. The monoisotopic (exact) mass is 243 g/mol. The number of hydrogen-bond donors (Lipinski definition) is 2. The van der Waals surface area contributed by atoms with E-state index in [1.165, 1.54) is 36.6 Å². The van der Waals surface area contributed by atoms with Gasteiger partial charge in [0.25, 0.3) is 0 Å². The molecule has 1 aliphatic rings. The summed E-state index contributed by atoms with van der Waals surface area (Å²) in [7, 11) is 0. The van der Waals surface area contributed by atoms with Crippen molar-refractivity contribution in [3.8, 4) is 11.5 Å². The number of hydrogen-bond acceptors (Lipinski definition) is 5. The molecule has 0 bridgehead atoms. The van der Waals surface area contributed by atoms with Crippen molar-refractivity contribution >= 4 is 23.5 Å². The summed E-state index contributed by atoms with van der Waals surface area (Å²) < 4.78 is 0. The lowest BCUT2D eigenvalue weighted by atomic mass is 10.1. The number of benzene rings is 1. The van der Waals surface area contributed by atoms with Crippen LogP contribution in [0.2, 0.25) is 0 Å². The molecule has 1 aliphatic carbocycles. The molecular weight excluding hydrogens is 234 g/mol. The van der Waals surface area contributed by atoms with Crippen molar-refractivity contribution < 1.29 is 19.8 Å². The van der Waals surface area contributed by atoms with Crippen molar-refractivity contribution in [1.29, 1.82) is 0 Å². The molecule has 1 aromatic rings. The fraction of sp³-hybridized carbons (Fsp3) is 0. The summed E-state index contributed by atoms with van der Waals surface area (Å²) in [4.78, 5) is 26.0. The van der Waals surface area contributed by atoms with Crippen LogP contribution < -0.4 is 0 Å². The Balaban J connectivity index is 2.22. The first-order valence-corrected chi connectivity index (χ1v) is 5.10. The average molecular weight is 243 g/mol. The Hall–Kier alpha value is -2.69. The largest absolute Gasteiger partial charge is 0.508 e. The van der Waals surface area contributed by atoms with Crippen LogP contribution in [0.3, 0.4) is 0 Å². The Bertz CT molecular complexity index is 611. The predicted molar refractivity (Wildman–Crippen MR) is 65.2 cm³/mol. The first-order chi connectivity index (χ1) is 8.56. The molecule has 0 atom stereocenters. The lowest BCUT2D eigenvalue weighted by molar-refractivity contribution is -0.131. The van der Waals surface area contributed by atoms with Gasteiger partial charge in [-0.25, -0.2) is 0 Å². The highest BCUT2D eigenvalue weighted by Crippen LogP contribution is 2.29. The average Bonchev–Trinajstić information content (AvgIpc) is 2.32. The van der Waals surface area contributed by atoms with Crippen LogP contribution in [0.1, 0.15) is 0 Å². The third kappa shape index (κ3) is 2.52. The summed E-state index contributed by atoms with van der Waals surface area (Å²) in [6.07, 6.45) is 5.15. The first-order valence-electron chi connectivity index (χ1n) is 5.10. The second kappa shape index (κ2) is 4.67. The van der Waals surface area contributed by atoms with Crippen LogP contribution in [0.25, 0.3) is 0 Å². The van der Waals surface area contributed by atoms with E-state index in [2.05, 4.69) is 4.99 Å². The molecule has 0 aliphatic heterocycles. The summed E-state index contributed by atoms with van der Waals surface area (Å²) in [5, 5.41) is 18.6. The van der Waals surface area contributed by atoms with Gasteiger partial charge in [0.15, 0.2) is 0 Å². The Morgan fingerprint density at radius 1 is 1.06 bits per heavy atom. The number of ketones is 2. The predicted octanol–water partition coefficient (Wildman–Crippen LogP) is 1.43. The van der Waals surface area contributed by atoms with Crippen LogP contribution in [0.15, 0.2) is 47.0 Å². The topological polar surface area (TPSA) is 87.0 Å². The third-order valence-electron chi connectivity index (χ3n) is 2.28. The second-order valence-corrected chi connectivity index (χ2v) is 3.64. The lowest BCUT2D eigenvalue weighted by Gasteiger charge is -2.01. The molecule has 90 valence electrons. The molecule has 5 heteroatoms. The lowest BCUT2D eigenvalue weighted by Crippen LogP contribution is -2.11. The number of allylic oxidation sites excluding steroid dienone is 4. The van der Waals surface area contributed by atoms with E-state index in [-0.39, 0.29) is 17.2 Å². The first kappa shape index (κ1) is 11.8. The Kier molecular flexibility index (Phi) is 3.05. The minimum absolute atomic E-state index is 0.0657. The van der Waals surface area contributed by atoms with Gasteiger partial charge >= 0.3 is 0 Å². The van der Waals surface area contributed by atoms with E-state index in [0.29, 0.717) is 5.57 Å². The van der Waals surface area contributed by atoms with Crippen molar-refractivity contribution in [2.75, 3.05) is 0 Å². The molecule has 0 unspecified atom stereocenters. The number of phenolic OH excluding ortho intramolecular Hbond substituents is 2. The number of carbonyl (C=O) groups excluding carboxylic acids is 2. The highest BCUT2D eigenvalue weighted by atomic mass is 16.3. The van der Waals surface area contributed by atoms with E-state index < -0.39 is 11.6 Å². The van der Waals surface area contributed by atoms with Gasteiger partial charge in [-0.1, -0.05) is 0 Å². The van der Waals surface area contributed by atoms with Crippen LogP contribution in [0.5, 0.6) is 11.5 Å². The molecule has 0 radical (unpaired) electrons. The molecule has 0 heterocycles. The number of aliphatic imine (C=N–C) groups is 1. The van der Waals surface area contributed by atoms with Crippen molar-refractivity contribution in [3.63, 3.8) is 0 Å². The van der Waals surface area contributed by atoms with Gasteiger partial charge in [-0.3, -0.25) is 14.6 Å². The fourth-order valence-electron chi connectivity index (χ4n) is 1.37. The number of aromatic hydroxyl groups is 2. The molecule has 0 fully saturated rings. The van der Waals surface area contributed by atoms with E-state index in [0.717, 1.165) is 6.07 Å². The van der Waals surface area contributed by atoms with Crippen molar-refractivity contribution in [1.82, 2.24) is 0 Å². The molecule has 0 spiro atoms. The SMILES string of the molecule is O=C1C=CC(C=Nc2ccc(O)cc2O)=CC1=O. The van der Waals surface area contributed by atoms with Crippen molar-refractivity contribution in [2.24, 2.45) is 4.99 Å². The standard InChI is InChI=1S/C13H9NO4/c15-9-2-3-10(12(17)6-9)14-7-8-1-4-11(16)13(18)5-8/h1-7,15,17H. The van der Waals surface area contributed by atoms with Crippen LogP contribution in [0.4, 0.5) is 5.69 Å². The van der Waals surface area contributed by atoms with Crippen LogP contribution >= 0.6 is 0 Å². The molecule has 0 saturated carbocycles. The molecule has 0 aromatic heterocycles. The van der Waals surface area contributed by atoms with E-state index in [1.54, 1.807) is 0 Å². The zero-order valence-electron chi connectivity index (χ0n) is 9.20. The van der Waals surface area contributed by atoms with Gasteiger partial charge in [0.1, 0.15) is 17.2 Å². The quantitative estimate of drug-likeness (QED) is 0.467. The second-order valence-electron chi connectivity index (χ2n) is 3.64. The number of phenols is 2. The van der Waals surface area contributed by atoms with Crippen LogP contribution in [-0.4, -0.2) is 28.0 Å². The summed E-state index contributed by atoms with van der Waals surface area (Å²) in [6.45, 7) is 0. The summed E-state index contributed by atoms with van der Waals surface area (Å²) >= 11 is 0. The van der Waals surface area contributed by atoms with E-state index >= 15 is 0 Å². The van der Waals surface area contributed by atoms with Gasteiger partial charge in [0.05, 0.1) is 0 Å². The van der Waals surface area contributed by atoms with Gasteiger partial charge < -0.3 is 10.2 Å². The Morgan fingerprint density at radius 3 is 2.50 bits per heavy atom. The highest BCUT2D eigenvalue weighted by molar-refractivity contribution is 6.47. The number of rotatable bonds is 2. The van der Waals surface area contributed by atoms with Gasteiger partial charge in [-0.05, 0) is 35.9 Å². The van der Waals surface area contributed by atoms with Gasteiger partial charge in [0, 0.05) is 12.3 Å². The van der Waals surface area contributed by atoms with Crippen molar-refractivity contribution in [3.05, 3.63) is 42.0 Å². The zero-order valence-corrected chi connectivity index (χ0v) is 9.20. The Labute approximate surface area is 102 Å². The fourth-order valence-corrected chi connectivity index (χ4v) is 1.37. The number of carbonyl (C=O) groups is 2. The van der Waals surface area contributed by atoms with E-state index in [1.807, 2.05) is 0 Å². The maximum atomic E-state index is 11.1. The maximum Gasteiger partial charge on any atom is 0.226 e. The molecule has 0 saturated heterocycles. The molecule has 2 N–H and O–H groups in total. The van der Waals surface area contributed by atoms with Gasteiger partial charge in [-0.2, -0.15) is 0 Å². The van der Waals surface area contributed by atoms with E-state index in [4.69, 9.17) is 5.11 Å².